The third-order valence-corrected chi connectivity index (χ3v) is 2.12. The fourth-order valence-electron chi connectivity index (χ4n) is 1.35. The van der Waals surface area contributed by atoms with E-state index in [1.807, 2.05) is 0 Å². The first-order valence-corrected chi connectivity index (χ1v) is 4.64. The van der Waals surface area contributed by atoms with Crippen LogP contribution in [-0.2, 0) is 6.54 Å². The van der Waals surface area contributed by atoms with Crippen molar-refractivity contribution in [3.63, 3.8) is 0 Å². The van der Waals surface area contributed by atoms with Crippen LogP contribution in [0.15, 0.2) is 24.7 Å². The van der Waals surface area contributed by atoms with Crippen molar-refractivity contribution in [2.75, 3.05) is 0 Å². The van der Waals surface area contributed by atoms with Crippen molar-refractivity contribution >= 4 is 5.97 Å². The molecule has 90 valence electrons. The smallest absolute Gasteiger partial charge is 0.356 e. The predicted molar refractivity (Wildman–Crippen MR) is 51.8 cm³/mol. The molecule has 1 N–H and O–H groups in total. The van der Waals surface area contributed by atoms with Gasteiger partial charge >= 0.3 is 12.5 Å². The van der Waals surface area contributed by atoms with Gasteiger partial charge in [0.15, 0.2) is 5.69 Å². The molecule has 0 fully saturated rings. The highest BCUT2D eigenvalue weighted by molar-refractivity contribution is 5.85. The molecule has 2 aromatic rings. The summed E-state index contributed by atoms with van der Waals surface area (Å²) in [5.41, 5.74) is -0.139. The van der Waals surface area contributed by atoms with Crippen molar-refractivity contribution in [3.05, 3.63) is 36.2 Å². The minimum Gasteiger partial charge on any atom is -0.476 e. The number of halogens is 2. The molecule has 0 radical (unpaired) electrons. The highest BCUT2D eigenvalue weighted by atomic mass is 19.3. The summed E-state index contributed by atoms with van der Waals surface area (Å²) in [5, 5.41) is 12.4. The van der Waals surface area contributed by atoms with Crippen LogP contribution in [0.5, 0.6) is 0 Å². The van der Waals surface area contributed by atoms with Gasteiger partial charge in [-0.05, 0) is 6.07 Å². The SMILES string of the molecule is O=C(O)c1ccn(Cc2nccn2C(F)F)n1. The van der Waals surface area contributed by atoms with E-state index in [0.717, 1.165) is 6.20 Å². The molecule has 2 rings (SSSR count). The minimum absolute atomic E-state index is 0.00931. The molecular formula is C9H8F2N4O2. The van der Waals surface area contributed by atoms with Crippen LogP contribution < -0.4 is 0 Å². The monoisotopic (exact) mass is 242 g/mol. The number of carboxylic acid groups (broad SMARTS) is 1. The number of carboxylic acids is 1. The number of aromatic carboxylic acids is 1. The van der Waals surface area contributed by atoms with E-state index in [0.29, 0.717) is 4.57 Å². The van der Waals surface area contributed by atoms with Gasteiger partial charge in [0.2, 0.25) is 0 Å². The molecule has 2 aromatic heterocycles. The van der Waals surface area contributed by atoms with E-state index in [1.54, 1.807) is 0 Å². The summed E-state index contributed by atoms with van der Waals surface area (Å²) >= 11 is 0. The summed E-state index contributed by atoms with van der Waals surface area (Å²) in [5.74, 6) is -1.05. The van der Waals surface area contributed by atoms with Crippen molar-refractivity contribution in [2.45, 2.75) is 13.1 Å². The second kappa shape index (κ2) is 4.32. The average Bonchev–Trinajstić information content (AvgIpc) is 2.86. The molecule has 0 aliphatic carbocycles. The number of hydrogen-bond donors (Lipinski definition) is 1. The van der Waals surface area contributed by atoms with Crippen LogP contribution in [0.1, 0.15) is 22.9 Å². The summed E-state index contributed by atoms with van der Waals surface area (Å²) in [7, 11) is 0. The predicted octanol–water partition coefficient (Wildman–Crippen LogP) is 1.22. The quantitative estimate of drug-likeness (QED) is 0.874. The van der Waals surface area contributed by atoms with Crippen molar-refractivity contribution in [3.8, 4) is 0 Å². The molecule has 0 aliphatic rings. The third-order valence-electron chi connectivity index (χ3n) is 2.12. The van der Waals surface area contributed by atoms with Crippen LogP contribution in [0.3, 0.4) is 0 Å². The van der Waals surface area contributed by atoms with E-state index in [4.69, 9.17) is 5.11 Å². The van der Waals surface area contributed by atoms with Gasteiger partial charge in [0, 0.05) is 18.6 Å². The average molecular weight is 242 g/mol. The van der Waals surface area contributed by atoms with Gasteiger partial charge in [0.1, 0.15) is 5.82 Å². The first-order valence-electron chi connectivity index (χ1n) is 4.64. The molecule has 0 saturated carbocycles. The van der Waals surface area contributed by atoms with Crippen LogP contribution in [0, 0.1) is 0 Å². The lowest BCUT2D eigenvalue weighted by Crippen LogP contribution is -2.10. The first kappa shape index (κ1) is 11.2. The Balaban J connectivity index is 2.19. The molecule has 2 heterocycles. The molecule has 0 amide bonds. The lowest BCUT2D eigenvalue weighted by atomic mass is 10.5. The van der Waals surface area contributed by atoms with E-state index in [-0.39, 0.29) is 18.1 Å². The highest BCUT2D eigenvalue weighted by Crippen LogP contribution is 2.13. The molecule has 0 atom stereocenters. The van der Waals surface area contributed by atoms with Gasteiger partial charge < -0.3 is 5.11 Å². The van der Waals surface area contributed by atoms with Crippen LogP contribution >= 0.6 is 0 Å². The van der Waals surface area contributed by atoms with Crippen LogP contribution in [0.25, 0.3) is 0 Å². The highest BCUT2D eigenvalue weighted by Gasteiger charge is 2.13. The van der Waals surface area contributed by atoms with Crippen molar-refractivity contribution < 1.29 is 18.7 Å². The zero-order valence-corrected chi connectivity index (χ0v) is 8.49. The third kappa shape index (κ3) is 2.30. The van der Waals surface area contributed by atoms with Gasteiger partial charge in [-0.25, -0.2) is 9.78 Å². The second-order valence-corrected chi connectivity index (χ2v) is 3.23. The standard InChI is InChI=1S/C9H8F2N4O2/c10-9(11)15-4-2-12-7(15)5-14-3-1-6(13-14)8(16)17/h1-4,9H,5H2,(H,16,17). The number of aromatic nitrogens is 4. The maximum Gasteiger partial charge on any atom is 0.356 e. The molecule has 6 nitrogen and oxygen atoms in total. The number of carbonyl (C=O) groups is 1. The summed E-state index contributed by atoms with van der Waals surface area (Å²) < 4.78 is 26.9. The molecule has 0 saturated heterocycles. The summed E-state index contributed by atoms with van der Waals surface area (Å²) in [6.07, 6.45) is 3.80. The van der Waals surface area contributed by atoms with Crippen molar-refractivity contribution in [1.29, 1.82) is 0 Å². The van der Waals surface area contributed by atoms with Gasteiger partial charge in [-0.15, -0.1) is 0 Å². The zero-order valence-electron chi connectivity index (χ0n) is 8.49. The van der Waals surface area contributed by atoms with Crippen molar-refractivity contribution in [1.82, 2.24) is 19.3 Å². The summed E-state index contributed by atoms with van der Waals surface area (Å²) in [6, 6.07) is 1.29. The lowest BCUT2D eigenvalue weighted by molar-refractivity contribution is 0.0659. The zero-order chi connectivity index (χ0) is 12.4. The Hall–Kier alpha value is -2.25. The van der Waals surface area contributed by atoms with Gasteiger partial charge in [-0.3, -0.25) is 9.25 Å². The Morgan fingerprint density at radius 2 is 2.24 bits per heavy atom. The number of alkyl halides is 2. The van der Waals surface area contributed by atoms with Gasteiger partial charge in [-0.1, -0.05) is 0 Å². The maximum absolute atomic E-state index is 12.5. The van der Waals surface area contributed by atoms with Gasteiger partial charge in [-0.2, -0.15) is 13.9 Å². The molecule has 17 heavy (non-hydrogen) atoms. The number of rotatable bonds is 4. The molecule has 8 heteroatoms. The molecule has 0 spiro atoms. The Labute approximate surface area is 94.1 Å². The van der Waals surface area contributed by atoms with Gasteiger partial charge in [0.25, 0.3) is 0 Å². The Morgan fingerprint density at radius 3 is 2.82 bits per heavy atom. The molecule has 0 unspecified atom stereocenters. The second-order valence-electron chi connectivity index (χ2n) is 3.23. The van der Waals surface area contributed by atoms with E-state index < -0.39 is 12.5 Å². The van der Waals surface area contributed by atoms with Gasteiger partial charge in [0.05, 0.1) is 6.54 Å². The fourth-order valence-corrected chi connectivity index (χ4v) is 1.35. The maximum atomic E-state index is 12.5. The normalized spacial score (nSPS) is 11.0. The Kier molecular flexibility index (Phi) is 2.86. The van der Waals surface area contributed by atoms with Crippen molar-refractivity contribution in [2.24, 2.45) is 0 Å². The molecular weight excluding hydrogens is 234 g/mol. The molecule has 0 aromatic carbocycles. The molecule has 0 bridgehead atoms. The summed E-state index contributed by atoms with van der Waals surface area (Å²) in [4.78, 5) is 14.3. The van der Waals surface area contributed by atoms with Crippen LogP contribution in [0.4, 0.5) is 8.78 Å². The Morgan fingerprint density at radius 1 is 1.47 bits per heavy atom. The first-order chi connectivity index (χ1) is 8.08. The van der Waals surface area contributed by atoms with E-state index >= 15 is 0 Å². The van der Waals surface area contributed by atoms with Crippen LogP contribution in [-0.4, -0.2) is 30.4 Å². The van der Waals surface area contributed by atoms with Crippen LogP contribution in [0.2, 0.25) is 0 Å². The topological polar surface area (TPSA) is 72.9 Å². The largest absolute Gasteiger partial charge is 0.476 e. The number of imidazole rings is 1. The Bertz CT molecular complexity index is 535. The summed E-state index contributed by atoms with van der Waals surface area (Å²) in [6.45, 7) is -2.69. The van der Waals surface area contributed by atoms with E-state index in [2.05, 4.69) is 10.1 Å². The minimum atomic E-state index is -2.68. The number of nitrogens with zero attached hydrogens (tertiary/aromatic N) is 4. The number of hydrogen-bond acceptors (Lipinski definition) is 3. The molecule has 0 aliphatic heterocycles. The van der Waals surface area contributed by atoms with E-state index in [1.165, 1.54) is 23.1 Å². The lowest BCUT2D eigenvalue weighted by Gasteiger charge is -2.05. The van der Waals surface area contributed by atoms with E-state index in [9.17, 15) is 13.6 Å². The fraction of sp³-hybridized carbons (Fsp3) is 0.222.